The SMILES string of the molecule is C=C(/C=C(\C)C1CCC(c2cccc(C)n2)C1)Nc1ccc2c(c1F)CNS2=O. The average Bonchev–Trinajstić information content (AvgIpc) is 3.32. The van der Waals surface area contributed by atoms with Crippen LogP contribution in [-0.2, 0) is 17.5 Å². The molecule has 1 aromatic heterocycles. The number of aromatic nitrogens is 1. The van der Waals surface area contributed by atoms with Gasteiger partial charge < -0.3 is 5.32 Å². The van der Waals surface area contributed by atoms with Gasteiger partial charge in [-0.1, -0.05) is 18.2 Å². The average molecular weight is 412 g/mol. The van der Waals surface area contributed by atoms with Crippen LogP contribution in [0.3, 0.4) is 0 Å². The molecule has 1 aliphatic carbocycles. The maximum atomic E-state index is 14.7. The monoisotopic (exact) mass is 411 g/mol. The summed E-state index contributed by atoms with van der Waals surface area (Å²) in [5.41, 5.74) is 4.99. The third-order valence-electron chi connectivity index (χ3n) is 5.88. The number of pyridine rings is 1. The molecule has 2 aromatic rings. The van der Waals surface area contributed by atoms with Crippen molar-refractivity contribution in [3.05, 3.63) is 77.0 Å². The third-order valence-corrected chi connectivity index (χ3v) is 7.07. The molecule has 0 saturated heterocycles. The lowest BCUT2D eigenvalue weighted by Gasteiger charge is -2.14. The molecule has 0 amide bonds. The maximum absolute atomic E-state index is 14.7. The quantitative estimate of drug-likeness (QED) is 0.672. The Morgan fingerprint density at radius 2 is 2.17 bits per heavy atom. The van der Waals surface area contributed by atoms with E-state index in [1.807, 2.05) is 19.1 Å². The van der Waals surface area contributed by atoms with Crippen molar-refractivity contribution >= 4 is 16.7 Å². The minimum atomic E-state index is -1.32. The number of allylic oxidation sites excluding steroid dienone is 2. The van der Waals surface area contributed by atoms with Gasteiger partial charge in [0.25, 0.3) is 0 Å². The Balaban J connectivity index is 1.42. The van der Waals surface area contributed by atoms with E-state index in [2.05, 4.69) is 35.7 Å². The van der Waals surface area contributed by atoms with Crippen LogP contribution in [0.2, 0.25) is 0 Å². The molecule has 1 saturated carbocycles. The molecule has 6 heteroatoms. The second-order valence-corrected chi connectivity index (χ2v) is 9.21. The van der Waals surface area contributed by atoms with Gasteiger partial charge in [-0.3, -0.25) is 4.98 Å². The van der Waals surface area contributed by atoms with Gasteiger partial charge in [0.15, 0.2) is 5.82 Å². The molecule has 1 aliphatic heterocycles. The lowest BCUT2D eigenvalue weighted by Crippen LogP contribution is -2.05. The van der Waals surface area contributed by atoms with Crippen molar-refractivity contribution in [2.75, 3.05) is 5.32 Å². The van der Waals surface area contributed by atoms with E-state index in [1.54, 1.807) is 12.1 Å². The summed E-state index contributed by atoms with van der Waals surface area (Å²) in [6.07, 6.45) is 5.35. The number of fused-ring (bicyclic) bond motifs is 1. The van der Waals surface area contributed by atoms with Gasteiger partial charge >= 0.3 is 0 Å². The van der Waals surface area contributed by atoms with Crippen LogP contribution in [0.15, 0.2) is 59.2 Å². The van der Waals surface area contributed by atoms with Crippen molar-refractivity contribution in [1.82, 2.24) is 9.71 Å². The highest BCUT2D eigenvalue weighted by molar-refractivity contribution is 7.83. The number of hydrogen-bond donors (Lipinski definition) is 2. The Morgan fingerprint density at radius 3 is 2.97 bits per heavy atom. The molecule has 29 heavy (non-hydrogen) atoms. The minimum Gasteiger partial charge on any atom is -0.354 e. The molecule has 152 valence electrons. The predicted octanol–water partition coefficient (Wildman–Crippen LogP) is 5.11. The molecule has 0 bridgehead atoms. The fraction of sp³-hybridized carbons (Fsp3) is 0.348. The molecule has 4 rings (SSSR count). The topological polar surface area (TPSA) is 54.0 Å². The van der Waals surface area contributed by atoms with Gasteiger partial charge in [0.2, 0.25) is 0 Å². The first-order valence-electron chi connectivity index (χ1n) is 9.96. The van der Waals surface area contributed by atoms with Gasteiger partial charge in [-0.15, -0.1) is 0 Å². The third kappa shape index (κ3) is 4.19. The zero-order valence-corrected chi connectivity index (χ0v) is 17.6. The molecule has 1 fully saturated rings. The maximum Gasteiger partial charge on any atom is 0.152 e. The van der Waals surface area contributed by atoms with Gasteiger partial charge in [0, 0.05) is 35.1 Å². The molecule has 0 radical (unpaired) electrons. The first-order chi connectivity index (χ1) is 13.9. The second kappa shape index (κ2) is 8.20. The first kappa shape index (κ1) is 20.0. The highest BCUT2D eigenvalue weighted by Crippen LogP contribution is 2.41. The Bertz CT molecular complexity index is 1020. The molecule has 4 nitrogen and oxygen atoms in total. The van der Waals surface area contributed by atoms with Crippen LogP contribution >= 0.6 is 0 Å². The van der Waals surface area contributed by atoms with E-state index in [4.69, 9.17) is 4.98 Å². The van der Waals surface area contributed by atoms with E-state index >= 15 is 0 Å². The van der Waals surface area contributed by atoms with E-state index in [9.17, 15) is 8.60 Å². The first-order valence-corrected chi connectivity index (χ1v) is 11.1. The van der Waals surface area contributed by atoms with Crippen LogP contribution in [0.5, 0.6) is 0 Å². The van der Waals surface area contributed by atoms with Crippen LogP contribution in [0.25, 0.3) is 0 Å². The summed E-state index contributed by atoms with van der Waals surface area (Å²) in [5, 5.41) is 3.07. The molecule has 3 unspecified atom stereocenters. The summed E-state index contributed by atoms with van der Waals surface area (Å²) in [6, 6.07) is 9.57. The highest BCUT2D eigenvalue weighted by Gasteiger charge is 2.28. The van der Waals surface area contributed by atoms with Gasteiger partial charge in [0.05, 0.1) is 10.6 Å². The number of aryl methyl sites for hydroxylation is 1. The van der Waals surface area contributed by atoms with Crippen molar-refractivity contribution in [3.63, 3.8) is 0 Å². The van der Waals surface area contributed by atoms with Crippen LogP contribution in [0.1, 0.15) is 49.1 Å². The lowest BCUT2D eigenvalue weighted by molar-refractivity contribution is 0.609. The number of nitrogens with one attached hydrogen (secondary N) is 2. The molecule has 2 heterocycles. The summed E-state index contributed by atoms with van der Waals surface area (Å²) < 4.78 is 29.2. The fourth-order valence-corrected chi connectivity index (χ4v) is 5.32. The lowest BCUT2D eigenvalue weighted by atomic mass is 9.95. The largest absolute Gasteiger partial charge is 0.354 e. The van der Waals surface area contributed by atoms with Gasteiger partial charge in [-0.25, -0.2) is 13.3 Å². The predicted molar refractivity (Wildman–Crippen MR) is 115 cm³/mol. The fourth-order valence-electron chi connectivity index (χ4n) is 4.31. The molecule has 0 spiro atoms. The zero-order valence-electron chi connectivity index (χ0n) is 16.8. The van der Waals surface area contributed by atoms with Crippen molar-refractivity contribution < 1.29 is 8.60 Å². The summed E-state index contributed by atoms with van der Waals surface area (Å²) in [5.74, 6) is 0.615. The number of rotatable bonds is 5. The Hall–Kier alpha value is -2.31. The zero-order chi connectivity index (χ0) is 20.5. The summed E-state index contributed by atoms with van der Waals surface area (Å²) in [6.45, 7) is 8.49. The Morgan fingerprint density at radius 1 is 1.34 bits per heavy atom. The van der Waals surface area contributed by atoms with Crippen LogP contribution in [0, 0.1) is 18.7 Å². The van der Waals surface area contributed by atoms with E-state index in [1.165, 1.54) is 11.3 Å². The van der Waals surface area contributed by atoms with Crippen molar-refractivity contribution in [1.29, 1.82) is 0 Å². The van der Waals surface area contributed by atoms with Crippen molar-refractivity contribution in [2.45, 2.75) is 50.5 Å². The number of anilines is 1. The van der Waals surface area contributed by atoms with Crippen LogP contribution in [0.4, 0.5) is 10.1 Å². The van der Waals surface area contributed by atoms with E-state index in [-0.39, 0.29) is 12.4 Å². The van der Waals surface area contributed by atoms with Gasteiger partial charge in [0.1, 0.15) is 11.0 Å². The van der Waals surface area contributed by atoms with Crippen LogP contribution < -0.4 is 10.0 Å². The number of benzene rings is 1. The van der Waals surface area contributed by atoms with Crippen molar-refractivity contribution in [2.24, 2.45) is 5.92 Å². The number of hydrogen-bond acceptors (Lipinski definition) is 3. The van der Waals surface area contributed by atoms with E-state index < -0.39 is 11.0 Å². The van der Waals surface area contributed by atoms with E-state index in [0.29, 0.717) is 33.7 Å². The molecular weight excluding hydrogens is 385 g/mol. The normalized spacial score (nSPS) is 23.8. The number of halogens is 1. The smallest absolute Gasteiger partial charge is 0.152 e. The van der Waals surface area contributed by atoms with Gasteiger partial charge in [-0.05, 0) is 69.4 Å². The Kier molecular flexibility index (Phi) is 5.65. The molecule has 2 N–H and O–H groups in total. The van der Waals surface area contributed by atoms with E-state index in [0.717, 1.165) is 25.0 Å². The number of nitrogens with zero attached hydrogens (tertiary/aromatic N) is 1. The molecule has 3 atom stereocenters. The molecule has 2 aliphatic rings. The standard InChI is InChI=1S/C23H26FN3OS/c1-14(17-7-8-18(12-17)20-6-4-5-15(2)26-20)11-16(3)27-21-9-10-22-19(23(21)24)13-25-29(22)28/h4-6,9-11,17-18,25,27H,3,7-8,12-13H2,1-2H3/b14-11+. The van der Waals surface area contributed by atoms with Crippen molar-refractivity contribution in [3.8, 4) is 0 Å². The summed E-state index contributed by atoms with van der Waals surface area (Å²) >= 11 is 0. The van der Waals surface area contributed by atoms with Crippen LogP contribution in [-0.4, -0.2) is 9.19 Å². The van der Waals surface area contributed by atoms with Gasteiger partial charge in [-0.2, -0.15) is 0 Å². The molecule has 1 aromatic carbocycles. The highest BCUT2D eigenvalue weighted by atomic mass is 32.2. The Labute approximate surface area is 173 Å². The summed E-state index contributed by atoms with van der Waals surface area (Å²) in [7, 11) is -1.32. The second-order valence-electron chi connectivity index (χ2n) is 7.94. The summed E-state index contributed by atoms with van der Waals surface area (Å²) in [4.78, 5) is 5.21. The minimum absolute atomic E-state index is 0.279. The molecular formula is C23H26FN3OS.